The third kappa shape index (κ3) is 9.53. The van der Waals surface area contributed by atoms with E-state index < -0.39 is 8.80 Å². The van der Waals surface area contributed by atoms with Gasteiger partial charge < -0.3 is 23.7 Å². The Labute approximate surface area is 135 Å². The average Bonchev–Trinajstić information content (AvgIpc) is 2.54. The molecule has 0 aliphatic carbocycles. The minimum absolute atomic E-state index is 0.0194. The van der Waals surface area contributed by atoms with Crippen LogP contribution in [-0.4, -0.2) is 53.8 Å². The minimum Gasteiger partial charge on any atom is -0.393 e. The Balaban J connectivity index is 3.73. The van der Waals surface area contributed by atoms with Gasteiger partial charge in [-0.25, -0.2) is 0 Å². The number of hydrogen-bond acceptors (Lipinski definition) is 5. The lowest BCUT2D eigenvalue weighted by Crippen LogP contribution is -2.43. The van der Waals surface area contributed by atoms with Crippen molar-refractivity contribution in [3.8, 4) is 0 Å². The number of carbonyl (C=O) groups is 1. The Hall–Kier alpha value is -0.473. The van der Waals surface area contributed by atoms with Gasteiger partial charge in [-0.3, -0.25) is 4.79 Å². The predicted molar refractivity (Wildman–Crippen MR) is 88.6 cm³/mol. The maximum absolute atomic E-state index is 11.7. The molecular weight excluding hydrogens is 302 g/mol. The Kier molecular flexibility index (Phi) is 12.7. The number of rotatable bonds is 14. The normalized spacial score (nSPS) is 13.1. The molecule has 0 aliphatic heterocycles. The molecule has 1 amide bonds. The van der Waals surface area contributed by atoms with E-state index in [1.165, 1.54) is 0 Å². The van der Waals surface area contributed by atoms with E-state index in [0.717, 1.165) is 32.1 Å². The molecule has 0 spiro atoms. The number of aliphatic hydroxyl groups excluding tert-OH is 1. The van der Waals surface area contributed by atoms with Crippen LogP contribution in [0, 0.1) is 0 Å². The molecule has 0 aromatic carbocycles. The molecule has 0 aliphatic rings. The van der Waals surface area contributed by atoms with Gasteiger partial charge in [-0.05, 0) is 19.3 Å². The van der Waals surface area contributed by atoms with Crippen molar-refractivity contribution in [2.75, 3.05) is 27.9 Å². The fourth-order valence-corrected chi connectivity index (χ4v) is 3.97. The van der Waals surface area contributed by atoms with Crippen LogP contribution in [0.1, 0.15) is 51.9 Å². The van der Waals surface area contributed by atoms with Gasteiger partial charge in [0.1, 0.15) is 0 Å². The van der Waals surface area contributed by atoms with E-state index in [2.05, 4.69) is 12.2 Å². The SMILES string of the molecule is CCCCCC(O)CCC(=O)NCCC[Si](OC)(OC)OC. The number of hydrogen-bond donors (Lipinski definition) is 2. The lowest BCUT2D eigenvalue weighted by molar-refractivity contribution is -0.121. The zero-order chi connectivity index (χ0) is 16.8. The van der Waals surface area contributed by atoms with Crippen LogP contribution in [-0.2, 0) is 18.1 Å². The highest BCUT2D eigenvalue weighted by Gasteiger charge is 2.36. The molecule has 0 radical (unpaired) electrons. The Bertz CT molecular complexity index is 279. The third-order valence-corrected chi connectivity index (χ3v) is 6.59. The van der Waals surface area contributed by atoms with Gasteiger partial charge in [0.15, 0.2) is 0 Å². The number of carbonyl (C=O) groups excluding carboxylic acids is 1. The van der Waals surface area contributed by atoms with Crippen LogP contribution < -0.4 is 5.32 Å². The summed E-state index contributed by atoms with van der Waals surface area (Å²) in [6.07, 6.45) is 5.36. The first-order chi connectivity index (χ1) is 10.5. The van der Waals surface area contributed by atoms with Crippen molar-refractivity contribution >= 4 is 14.7 Å². The first kappa shape index (κ1) is 21.5. The van der Waals surface area contributed by atoms with Crippen molar-refractivity contribution in [2.24, 2.45) is 0 Å². The molecule has 0 heterocycles. The van der Waals surface area contributed by atoms with Gasteiger partial charge >= 0.3 is 8.80 Å². The van der Waals surface area contributed by atoms with E-state index in [0.29, 0.717) is 25.4 Å². The summed E-state index contributed by atoms with van der Waals surface area (Å²) in [5, 5.41) is 12.6. The van der Waals surface area contributed by atoms with Crippen LogP contribution in [0.25, 0.3) is 0 Å². The van der Waals surface area contributed by atoms with E-state index >= 15 is 0 Å². The summed E-state index contributed by atoms with van der Waals surface area (Å²) >= 11 is 0. The molecule has 1 atom stereocenters. The summed E-state index contributed by atoms with van der Waals surface area (Å²) in [7, 11) is 2.21. The lowest BCUT2D eigenvalue weighted by atomic mass is 10.1. The van der Waals surface area contributed by atoms with Crippen molar-refractivity contribution in [1.29, 1.82) is 0 Å². The van der Waals surface area contributed by atoms with E-state index in [1.54, 1.807) is 21.3 Å². The summed E-state index contributed by atoms with van der Waals surface area (Å²) in [6, 6.07) is 0.663. The minimum atomic E-state index is -2.54. The standard InChI is InChI=1S/C15H33NO5Si/c1-5-6-7-9-14(17)10-11-15(18)16-12-8-13-22(19-2,20-3)21-4/h14,17H,5-13H2,1-4H3,(H,16,18). The van der Waals surface area contributed by atoms with E-state index in [-0.39, 0.29) is 12.0 Å². The van der Waals surface area contributed by atoms with Crippen LogP contribution in [0.3, 0.4) is 0 Å². The topological polar surface area (TPSA) is 77.0 Å². The predicted octanol–water partition coefficient (Wildman–Crippen LogP) is 2.09. The van der Waals surface area contributed by atoms with E-state index in [9.17, 15) is 9.90 Å². The molecule has 0 aromatic rings. The fourth-order valence-electron chi connectivity index (χ4n) is 2.25. The monoisotopic (exact) mass is 335 g/mol. The van der Waals surface area contributed by atoms with Gasteiger partial charge in [0, 0.05) is 40.3 Å². The molecule has 2 N–H and O–H groups in total. The average molecular weight is 336 g/mol. The Morgan fingerprint density at radius 3 is 2.27 bits per heavy atom. The van der Waals surface area contributed by atoms with Crippen molar-refractivity contribution < 1.29 is 23.2 Å². The highest BCUT2D eigenvalue weighted by molar-refractivity contribution is 6.60. The molecule has 0 saturated heterocycles. The van der Waals surface area contributed by atoms with Crippen LogP contribution in [0.15, 0.2) is 0 Å². The molecule has 0 fully saturated rings. The molecule has 7 heteroatoms. The van der Waals surface area contributed by atoms with Gasteiger partial charge in [0.2, 0.25) is 5.91 Å². The van der Waals surface area contributed by atoms with Crippen LogP contribution >= 0.6 is 0 Å². The Morgan fingerprint density at radius 2 is 1.73 bits per heavy atom. The van der Waals surface area contributed by atoms with Gasteiger partial charge in [-0.1, -0.05) is 26.2 Å². The molecule has 0 aromatic heterocycles. The smallest absolute Gasteiger partial charge is 0.393 e. The molecule has 1 unspecified atom stereocenters. The van der Waals surface area contributed by atoms with E-state index in [4.69, 9.17) is 13.3 Å². The van der Waals surface area contributed by atoms with Gasteiger partial charge in [-0.15, -0.1) is 0 Å². The van der Waals surface area contributed by atoms with Crippen LogP contribution in [0.4, 0.5) is 0 Å². The quantitative estimate of drug-likeness (QED) is 0.375. The fraction of sp³-hybridized carbons (Fsp3) is 0.933. The lowest BCUT2D eigenvalue weighted by Gasteiger charge is -2.24. The zero-order valence-electron chi connectivity index (χ0n) is 14.5. The van der Waals surface area contributed by atoms with Crippen molar-refractivity contribution in [3.63, 3.8) is 0 Å². The van der Waals surface area contributed by atoms with Gasteiger partial charge in [0.05, 0.1) is 6.10 Å². The maximum Gasteiger partial charge on any atom is 0.500 e. The number of amides is 1. The molecule has 0 bridgehead atoms. The van der Waals surface area contributed by atoms with Gasteiger partial charge in [0.25, 0.3) is 0 Å². The summed E-state index contributed by atoms with van der Waals surface area (Å²) in [5.74, 6) is -0.0194. The molecule has 22 heavy (non-hydrogen) atoms. The second kappa shape index (κ2) is 13.0. The summed E-state index contributed by atoms with van der Waals surface area (Å²) in [4.78, 5) is 11.7. The summed E-state index contributed by atoms with van der Waals surface area (Å²) in [6.45, 7) is 2.70. The van der Waals surface area contributed by atoms with Gasteiger partial charge in [-0.2, -0.15) is 0 Å². The molecule has 132 valence electrons. The van der Waals surface area contributed by atoms with Crippen molar-refractivity contribution in [1.82, 2.24) is 5.32 Å². The largest absolute Gasteiger partial charge is 0.500 e. The molecule has 6 nitrogen and oxygen atoms in total. The number of nitrogens with one attached hydrogen (secondary N) is 1. The molecular formula is C15H33NO5Si. The first-order valence-corrected chi connectivity index (χ1v) is 10.1. The summed E-state index contributed by atoms with van der Waals surface area (Å²) in [5.41, 5.74) is 0. The van der Waals surface area contributed by atoms with Crippen molar-refractivity contribution in [2.45, 2.75) is 64.0 Å². The second-order valence-corrected chi connectivity index (χ2v) is 8.53. The number of unbranched alkanes of at least 4 members (excludes halogenated alkanes) is 2. The van der Waals surface area contributed by atoms with Crippen LogP contribution in [0.5, 0.6) is 0 Å². The summed E-state index contributed by atoms with van der Waals surface area (Å²) < 4.78 is 16.0. The Morgan fingerprint density at radius 1 is 1.09 bits per heavy atom. The molecule has 0 rings (SSSR count). The highest BCUT2D eigenvalue weighted by atomic mass is 28.4. The maximum atomic E-state index is 11.7. The third-order valence-electron chi connectivity index (χ3n) is 3.76. The van der Waals surface area contributed by atoms with E-state index in [1.807, 2.05) is 0 Å². The second-order valence-electron chi connectivity index (χ2n) is 5.44. The molecule has 0 saturated carbocycles. The first-order valence-electron chi connectivity index (χ1n) is 8.13. The van der Waals surface area contributed by atoms with Crippen molar-refractivity contribution in [3.05, 3.63) is 0 Å². The van der Waals surface area contributed by atoms with Crippen LogP contribution in [0.2, 0.25) is 6.04 Å². The zero-order valence-corrected chi connectivity index (χ0v) is 15.5. The number of aliphatic hydroxyl groups is 1. The highest BCUT2D eigenvalue weighted by Crippen LogP contribution is 2.14.